The van der Waals surface area contributed by atoms with Gasteiger partial charge in [0.05, 0.1) is 24.7 Å². The van der Waals surface area contributed by atoms with Crippen LogP contribution in [0, 0.1) is 11.8 Å². The number of carbonyl (C=O) groups excluding carboxylic acids is 5. The molecule has 1 amide bonds. The number of ether oxygens (including phenoxy) is 4. The van der Waals surface area contributed by atoms with Crippen molar-refractivity contribution in [1.29, 1.82) is 0 Å². The summed E-state index contributed by atoms with van der Waals surface area (Å²) in [6.45, 7) is -0.203. The summed E-state index contributed by atoms with van der Waals surface area (Å²) in [5.41, 5.74) is 6.69. The molecule has 0 fully saturated rings. The van der Waals surface area contributed by atoms with E-state index in [0.29, 0.717) is 0 Å². The van der Waals surface area contributed by atoms with Crippen molar-refractivity contribution in [1.82, 2.24) is 5.32 Å². The van der Waals surface area contributed by atoms with Crippen molar-refractivity contribution in [2.45, 2.75) is 38.6 Å². The number of nitrogens with one attached hydrogen (secondary N) is 1. The Morgan fingerprint density at radius 3 is 1.48 bits per heavy atom. The second-order valence-corrected chi connectivity index (χ2v) is 14.9. The van der Waals surface area contributed by atoms with E-state index in [1.807, 2.05) is 140 Å². The molecule has 0 saturated carbocycles. The lowest BCUT2D eigenvalue weighted by atomic mass is 9.98. The van der Waals surface area contributed by atoms with E-state index in [4.69, 9.17) is 18.9 Å². The van der Waals surface area contributed by atoms with Crippen molar-refractivity contribution < 1.29 is 42.9 Å². The third kappa shape index (κ3) is 12.1. The van der Waals surface area contributed by atoms with Crippen LogP contribution in [-0.4, -0.2) is 54.4 Å². The Hall–Kier alpha value is -6.20. The Kier molecular flexibility index (Phi) is 15.3. The lowest BCUT2D eigenvalue weighted by Gasteiger charge is -2.19. The fourth-order valence-electron chi connectivity index (χ4n) is 6.60. The largest absolute Gasteiger partial charge is 0.465 e. The van der Waals surface area contributed by atoms with E-state index < -0.39 is 48.2 Å². The molecule has 0 bridgehead atoms. The molecule has 298 valence electrons. The van der Waals surface area contributed by atoms with Crippen LogP contribution in [0.15, 0.2) is 140 Å². The van der Waals surface area contributed by atoms with Gasteiger partial charge in [-0.15, -0.1) is 0 Å². The van der Waals surface area contributed by atoms with Gasteiger partial charge in [-0.2, -0.15) is 11.8 Å². The van der Waals surface area contributed by atoms with Gasteiger partial charge in [0.2, 0.25) is 5.91 Å². The van der Waals surface area contributed by atoms with Gasteiger partial charge in [0.15, 0.2) is 0 Å². The first-order valence-corrected chi connectivity index (χ1v) is 20.3. The van der Waals surface area contributed by atoms with Crippen molar-refractivity contribution >= 4 is 41.5 Å². The maximum atomic E-state index is 13.6. The molecule has 0 aliphatic heterocycles. The molecule has 0 saturated heterocycles. The summed E-state index contributed by atoms with van der Waals surface area (Å²) < 4.78 is 22.2. The summed E-state index contributed by atoms with van der Waals surface area (Å²) in [6.07, 6.45) is -0.528. The number of thioether (sulfide) groups is 1. The lowest BCUT2D eigenvalue weighted by molar-refractivity contribution is -0.155. The minimum atomic E-state index is -0.936. The fourth-order valence-corrected chi connectivity index (χ4v) is 7.83. The highest BCUT2D eigenvalue weighted by molar-refractivity contribution is 7.99. The summed E-state index contributed by atoms with van der Waals surface area (Å²) >= 11 is 1.22. The SMILES string of the molecule is O=C(CNC(=O)[C@@H](CSC[C@H](CC(=O)OCc1ccccc1)C(=O)OCc1ccccc1)CC(=O)OCC1c2ccccc2-c2ccccc21)OCc1ccccc1. The van der Waals surface area contributed by atoms with Gasteiger partial charge in [-0.3, -0.25) is 24.0 Å². The maximum absolute atomic E-state index is 13.6. The highest BCUT2D eigenvalue weighted by Crippen LogP contribution is 2.44. The van der Waals surface area contributed by atoms with Gasteiger partial charge in [-0.1, -0.05) is 140 Å². The van der Waals surface area contributed by atoms with E-state index in [0.717, 1.165) is 38.9 Å². The molecular weight excluding hydrogens is 755 g/mol. The number of fused-ring (bicyclic) bond motifs is 3. The zero-order valence-electron chi connectivity index (χ0n) is 32.0. The lowest BCUT2D eigenvalue weighted by Crippen LogP contribution is -2.37. The molecule has 0 unspecified atom stereocenters. The number of benzene rings is 5. The van der Waals surface area contributed by atoms with Gasteiger partial charge in [-0.05, 0) is 38.9 Å². The van der Waals surface area contributed by atoms with Crippen LogP contribution in [0.1, 0.15) is 46.6 Å². The van der Waals surface area contributed by atoms with Crippen LogP contribution in [0.2, 0.25) is 0 Å². The number of esters is 4. The predicted molar refractivity (Wildman–Crippen MR) is 220 cm³/mol. The van der Waals surface area contributed by atoms with Gasteiger partial charge in [0, 0.05) is 17.4 Å². The van der Waals surface area contributed by atoms with E-state index in [1.165, 1.54) is 11.8 Å². The molecule has 5 aromatic carbocycles. The normalized spacial score (nSPS) is 12.6. The van der Waals surface area contributed by atoms with Crippen LogP contribution >= 0.6 is 11.8 Å². The first-order valence-electron chi connectivity index (χ1n) is 19.1. The average molecular weight is 800 g/mol. The van der Waals surface area contributed by atoms with E-state index in [9.17, 15) is 24.0 Å². The minimum Gasteiger partial charge on any atom is -0.465 e. The first-order chi connectivity index (χ1) is 28.3. The number of amides is 1. The summed E-state index contributed by atoms with van der Waals surface area (Å²) in [4.78, 5) is 66.0. The van der Waals surface area contributed by atoms with Gasteiger partial charge in [0.25, 0.3) is 0 Å². The monoisotopic (exact) mass is 799 g/mol. The third-order valence-electron chi connectivity index (χ3n) is 9.66. The summed E-state index contributed by atoms with van der Waals surface area (Å²) in [7, 11) is 0. The molecule has 2 atom stereocenters. The molecule has 11 heteroatoms. The van der Waals surface area contributed by atoms with Crippen LogP contribution < -0.4 is 5.32 Å². The molecule has 10 nitrogen and oxygen atoms in total. The molecule has 0 heterocycles. The molecule has 0 aromatic heterocycles. The van der Waals surface area contributed by atoms with Crippen LogP contribution in [0.5, 0.6) is 0 Å². The standard InChI is InChI=1S/C47H45NO9S/c49-43(56-30-42-40-22-12-10-20-38(40)39-21-11-13-23-41(39)42)24-36(46(52)48-26-45(51)55-28-34-16-6-2-7-17-34)31-58-32-37(47(53)57-29-35-18-8-3-9-19-35)25-44(50)54-27-33-14-4-1-5-15-33/h1-23,36-37,42H,24-32H2,(H,48,52)/t36-,37+/m1/s1. The topological polar surface area (TPSA) is 134 Å². The molecular formula is C47H45NO9S. The average Bonchev–Trinajstić information content (AvgIpc) is 3.58. The molecule has 0 spiro atoms. The highest BCUT2D eigenvalue weighted by Gasteiger charge is 2.31. The van der Waals surface area contributed by atoms with Crippen molar-refractivity contribution in [3.05, 3.63) is 167 Å². The molecule has 1 aliphatic rings. The van der Waals surface area contributed by atoms with Crippen molar-refractivity contribution in [3.8, 4) is 11.1 Å². The van der Waals surface area contributed by atoms with Gasteiger partial charge >= 0.3 is 23.9 Å². The maximum Gasteiger partial charge on any atom is 0.325 e. The summed E-state index contributed by atoms with van der Waals surface area (Å²) in [5, 5.41) is 2.61. The number of carbonyl (C=O) groups is 5. The molecule has 1 aliphatic carbocycles. The molecule has 6 rings (SSSR count). The van der Waals surface area contributed by atoms with E-state index in [2.05, 4.69) is 5.32 Å². The smallest absolute Gasteiger partial charge is 0.325 e. The highest BCUT2D eigenvalue weighted by atomic mass is 32.2. The number of hydrogen-bond donors (Lipinski definition) is 1. The molecule has 0 radical (unpaired) electrons. The minimum absolute atomic E-state index is 0.0209. The van der Waals surface area contributed by atoms with Crippen molar-refractivity contribution in [2.24, 2.45) is 11.8 Å². The Morgan fingerprint density at radius 2 is 0.931 bits per heavy atom. The third-order valence-corrected chi connectivity index (χ3v) is 10.9. The van der Waals surface area contributed by atoms with Gasteiger partial charge in [0.1, 0.15) is 33.0 Å². The summed E-state index contributed by atoms with van der Waals surface area (Å²) in [5.74, 6) is -4.77. The first kappa shape index (κ1) is 41.4. The number of rotatable bonds is 20. The zero-order chi connectivity index (χ0) is 40.5. The van der Waals surface area contributed by atoms with E-state index in [-0.39, 0.29) is 56.7 Å². The van der Waals surface area contributed by atoms with Crippen molar-refractivity contribution in [2.75, 3.05) is 24.7 Å². The van der Waals surface area contributed by atoms with Crippen LogP contribution in [0.25, 0.3) is 11.1 Å². The van der Waals surface area contributed by atoms with E-state index in [1.54, 1.807) is 0 Å². The molecule has 1 N–H and O–H groups in total. The fraction of sp³-hybridized carbons (Fsp3) is 0.255. The Morgan fingerprint density at radius 1 is 0.500 bits per heavy atom. The predicted octanol–water partition coefficient (Wildman–Crippen LogP) is 7.43. The zero-order valence-corrected chi connectivity index (χ0v) is 32.8. The molecule has 58 heavy (non-hydrogen) atoms. The Labute approximate surface area is 342 Å². The Balaban J connectivity index is 1.09. The quantitative estimate of drug-likeness (QED) is 0.0626. The Bertz CT molecular complexity index is 2100. The second-order valence-electron chi connectivity index (χ2n) is 13.9. The van der Waals surface area contributed by atoms with Crippen LogP contribution in [-0.2, 0) is 62.7 Å². The van der Waals surface area contributed by atoms with Crippen LogP contribution in [0.3, 0.4) is 0 Å². The van der Waals surface area contributed by atoms with E-state index >= 15 is 0 Å². The van der Waals surface area contributed by atoms with Gasteiger partial charge < -0.3 is 24.3 Å². The van der Waals surface area contributed by atoms with Gasteiger partial charge in [-0.25, -0.2) is 0 Å². The second kappa shape index (κ2) is 21.4. The van der Waals surface area contributed by atoms with Crippen LogP contribution in [0.4, 0.5) is 0 Å². The van der Waals surface area contributed by atoms with Crippen molar-refractivity contribution in [3.63, 3.8) is 0 Å². The number of hydrogen-bond acceptors (Lipinski definition) is 10. The summed E-state index contributed by atoms with van der Waals surface area (Å²) in [6, 6.07) is 43.6. The molecule has 5 aromatic rings.